The molecule has 0 unspecified atom stereocenters. The Hall–Kier alpha value is -3.36. The summed E-state index contributed by atoms with van der Waals surface area (Å²) in [4.78, 5) is 41.3. The first kappa shape index (κ1) is 17.5. The van der Waals surface area contributed by atoms with Crippen molar-refractivity contribution in [1.82, 2.24) is 5.06 Å². The van der Waals surface area contributed by atoms with E-state index >= 15 is 0 Å². The van der Waals surface area contributed by atoms with Crippen molar-refractivity contribution in [2.75, 3.05) is 0 Å². The van der Waals surface area contributed by atoms with Crippen molar-refractivity contribution in [3.05, 3.63) is 64.7 Å². The SMILES string of the molecule is Cc1cc(C(=O)ON2C(=O)c3ccccc3C2=O)ccc1OC(F)(F)F. The molecule has 3 rings (SSSR count). The number of fused-ring (bicyclic) bond motifs is 1. The van der Waals surface area contributed by atoms with Crippen molar-refractivity contribution < 1.29 is 37.1 Å². The number of amides is 2. The van der Waals surface area contributed by atoms with Crippen molar-refractivity contribution in [1.29, 1.82) is 0 Å². The maximum atomic E-state index is 12.3. The largest absolute Gasteiger partial charge is 0.573 e. The lowest BCUT2D eigenvalue weighted by Crippen LogP contribution is -2.32. The van der Waals surface area contributed by atoms with E-state index in [9.17, 15) is 27.6 Å². The van der Waals surface area contributed by atoms with Crippen molar-refractivity contribution in [2.45, 2.75) is 13.3 Å². The molecule has 0 atom stereocenters. The smallest absolute Gasteiger partial charge is 0.406 e. The van der Waals surface area contributed by atoms with Gasteiger partial charge in [0.05, 0.1) is 16.7 Å². The van der Waals surface area contributed by atoms with Crippen LogP contribution in [0.3, 0.4) is 0 Å². The van der Waals surface area contributed by atoms with Gasteiger partial charge in [-0.2, -0.15) is 0 Å². The summed E-state index contributed by atoms with van der Waals surface area (Å²) in [5.41, 5.74) is 0.0681. The van der Waals surface area contributed by atoms with E-state index in [0.29, 0.717) is 5.06 Å². The normalized spacial score (nSPS) is 13.6. The van der Waals surface area contributed by atoms with Gasteiger partial charge >= 0.3 is 12.3 Å². The van der Waals surface area contributed by atoms with Gasteiger partial charge in [0.25, 0.3) is 11.8 Å². The minimum atomic E-state index is -4.87. The topological polar surface area (TPSA) is 72.9 Å². The standard InChI is InChI=1S/C17H10F3NO5/c1-9-8-10(6-7-13(9)25-17(18,19)20)16(24)26-21-14(22)11-4-2-3-5-12(11)15(21)23/h2-8H,1H3. The van der Waals surface area contributed by atoms with Crippen LogP contribution in [-0.4, -0.2) is 29.2 Å². The van der Waals surface area contributed by atoms with Crippen LogP contribution >= 0.6 is 0 Å². The number of halogens is 3. The number of hydrogen-bond donors (Lipinski definition) is 0. The number of nitrogens with zero attached hydrogens (tertiary/aromatic N) is 1. The molecule has 26 heavy (non-hydrogen) atoms. The van der Waals surface area contributed by atoms with Gasteiger partial charge in [-0.05, 0) is 42.8 Å². The minimum absolute atomic E-state index is 0.0270. The maximum Gasteiger partial charge on any atom is 0.573 e. The molecule has 0 radical (unpaired) electrons. The molecule has 9 heteroatoms. The van der Waals surface area contributed by atoms with Crippen LogP contribution in [0.4, 0.5) is 13.2 Å². The molecule has 0 saturated carbocycles. The Balaban J connectivity index is 1.78. The first-order valence-corrected chi connectivity index (χ1v) is 7.24. The van der Waals surface area contributed by atoms with Crippen molar-refractivity contribution in [2.24, 2.45) is 0 Å². The van der Waals surface area contributed by atoms with E-state index in [4.69, 9.17) is 4.84 Å². The van der Waals surface area contributed by atoms with Crippen LogP contribution in [0.15, 0.2) is 42.5 Å². The molecule has 1 aliphatic heterocycles. The van der Waals surface area contributed by atoms with Crippen LogP contribution < -0.4 is 4.74 Å². The van der Waals surface area contributed by atoms with Crippen LogP contribution in [0.25, 0.3) is 0 Å². The van der Waals surface area contributed by atoms with Crippen LogP contribution in [0.1, 0.15) is 36.6 Å². The fraction of sp³-hybridized carbons (Fsp3) is 0.118. The summed E-state index contributed by atoms with van der Waals surface area (Å²) < 4.78 is 40.6. The number of benzene rings is 2. The van der Waals surface area contributed by atoms with Gasteiger partial charge in [0.15, 0.2) is 0 Å². The molecule has 1 aliphatic rings. The second kappa shape index (κ2) is 6.17. The number of rotatable bonds is 3. The molecule has 1 heterocycles. The van der Waals surface area contributed by atoms with Crippen LogP contribution in [0, 0.1) is 6.92 Å². The average molecular weight is 365 g/mol. The van der Waals surface area contributed by atoms with Gasteiger partial charge in [-0.3, -0.25) is 9.59 Å². The third-order valence-corrected chi connectivity index (χ3v) is 3.57. The van der Waals surface area contributed by atoms with Crippen molar-refractivity contribution >= 4 is 17.8 Å². The number of carbonyl (C=O) groups is 3. The molecular weight excluding hydrogens is 355 g/mol. The van der Waals surface area contributed by atoms with Gasteiger partial charge in [0, 0.05) is 0 Å². The van der Waals surface area contributed by atoms with Crippen molar-refractivity contribution in [3.63, 3.8) is 0 Å². The number of carbonyl (C=O) groups excluding carboxylic acids is 3. The van der Waals surface area contributed by atoms with Gasteiger partial charge in [0.1, 0.15) is 5.75 Å². The predicted octanol–water partition coefficient (Wildman–Crippen LogP) is 3.26. The highest BCUT2D eigenvalue weighted by Gasteiger charge is 2.39. The van der Waals surface area contributed by atoms with E-state index in [1.807, 2.05) is 0 Å². The highest BCUT2D eigenvalue weighted by Crippen LogP contribution is 2.28. The molecule has 0 spiro atoms. The van der Waals surface area contributed by atoms with Gasteiger partial charge in [-0.25, -0.2) is 4.79 Å². The molecule has 2 aromatic rings. The van der Waals surface area contributed by atoms with E-state index in [1.54, 1.807) is 12.1 Å². The van der Waals surface area contributed by atoms with Crippen LogP contribution in [0.5, 0.6) is 5.75 Å². The highest BCUT2D eigenvalue weighted by molar-refractivity contribution is 6.21. The molecule has 134 valence electrons. The van der Waals surface area contributed by atoms with Gasteiger partial charge < -0.3 is 9.57 Å². The summed E-state index contributed by atoms with van der Waals surface area (Å²) in [5, 5.41) is 0.322. The van der Waals surface area contributed by atoms with E-state index in [-0.39, 0.29) is 22.3 Å². The van der Waals surface area contributed by atoms with E-state index in [2.05, 4.69) is 4.74 Å². The summed E-state index contributed by atoms with van der Waals surface area (Å²) in [6.07, 6.45) is -4.87. The Kier molecular flexibility index (Phi) is 4.15. The third kappa shape index (κ3) is 3.23. The maximum absolute atomic E-state index is 12.3. The molecule has 2 amide bonds. The summed E-state index contributed by atoms with van der Waals surface area (Å²) in [5.74, 6) is -3.14. The molecule has 0 N–H and O–H groups in total. The second-order valence-electron chi connectivity index (χ2n) is 5.36. The Bertz CT molecular complexity index is 888. The van der Waals surface area contributed by atoms with Gasteiger partial charge in [-0.15, -0.1) is 13.2 Å². The Morgan fingerprint density at radius 3 is 2.08 bits per heavy atom. The Morgan fingerprint density at radius 2 is 1.58 bits per heavy atom. The number of aryl methyl sites for hydroxylation is 1. The Labute approximate surface area is 144 Å². The molecule has 0 aromatic heterocycles. The molecule has 0 bridgehead atoms. The summed E-state index contributed by atoms with van der Waals surface area (Å²) in [7, 11) is 0. The Morgan fingerprint density at radius 1 is 1.00 bits per heavy atom. The predicted molar refractivity (Wildman–Crippen MR) is 80.2 cm³/mol. The monoisotopic (exact) mass is 365 g/mol. The molecule has 0 aliphatic carbocycles. The number of alkyl halides is 3. The lowest BCUT2D eigenvalue weighted by Gasteiger charge is -2.14. The zero-order valence-corrected chi connectivity index (χ0v) is 13.2. The molecule has 6 nitrogen and oxygen atoms in total. The van der Waals surface area contributed by atoms with Crippen LogP contribution in [-0.2, 0) is 4.84 Å². The molecule has 0 fully saturated rings. The highest BCUT2D eigenvalue weighted by atomic mass is 19.4. The number of imide groups is 1. The van der Waals surface area contributed by atoms with Gasteiger partial charge in [0.2, 0.25) is 0 Å². The van der Waals surface area contributed by atoms with Crippen molar-refractivity contribution in [3.8, 4) is 5.75 Å². The lowest BCUT2D eigenvalue weighted by molar-refractivity contribution is -0.274. The van der Waals surface area contributed by atoms with E-state index < -0.39 is 29.9 Å². The van der Waals surface area contributed by atoms with E-state index in [1.165, 1.54) is 19.1 Å². The quantitative estimate of drug-likeness (QED) is 0.781. The first-order valence-electron chi connectivity index (χ1n) is 7.24. The molecule has 2 aromatic carbocycles. The summed E-state index contributed by atoms with van der Waals surface area (Å²) in [6, 6.07) is 9.02. The lowest BCUT2D eigenvalue weighted by atomic mass is 10.1. The zero-order valence-electron chi connectivity index (χ0n) is 13.2. The first-order chi connectivity index (χ1) is 12.2. The second-order valence-corrected chi connectivity index (χ2v) is 5.36. The number of hydrogen-bond acceptors (Lipinski definition) is 5. The minimum Gasteiger partial charge on any atom is -0.406 e. The molecule has 0 saturated heterocycles. The number of hydroxylamine groups is 2. The van der Waals surface area contributed by atoms with E-state index in [0.717, 1.165) is 18.2 Å². The zero-order chi connectivity index (χ0) is 19.1. The number of ether oxygens (including phenoxy) is 1. The molecular formula is C17H10F3NO5. The van der Waals surface area contributed by atoms with Crippen LogP contribution in [0.2, 0.25) is 0 Å². The fourth-order valence-electron chi connectivity index (χ4n) is 2.40. The fourth-order valence-corrected chi connectivity index (χ4v) is 2.40. The third-order valence-electron chi connectivity index (χ3n) is 3.57. The summed E-state index contributed by atoms with van der Waals surface area (Å²) in [6.45, 7) is 1.31. The van der Waals surface area contributed by atoms with Gasteiger partial charge in [-0.1, -0.05) is 17.2 Å². The summed E-state index contributed by atoms with van der Waals surface area (Å²) >= 11 is 0. The average Bonchev–Trinajstić information content (AvgIpc) is 2.81.